The molecule has 2 amide bonds. The SMILES string of the molecule is CN(CCc1cn[nH]c1)C(=O)[C@H]1[C@@H]2C=C[C@@]3(CN(C4CCCCCC4)C(=O)[C@H]13)O2. The molecule has 1 N–H and O–H groups in total. The highest BCUT2D eigenvalue weighted by atomic mass is 16.5. The van der Waals surface area contributed by atoms with Crippen LogP contribution in [0.4, 0.5) is 0 Å². The molecule has 1 aromatic rings. The van der Waals surface area contributed by atoms with Gasteiger partial charge in [0.25, 0.3) is 0 Å². The molecule has 1 saturated carbocycles. The number of nitrogens with one attached hydrogen (secondary N) is 1. The number of aromatic amines is 1. The number of carbonyl (C=O) groups is 2. The number of hydrogen-bond donors (Lipinski definition) is 1. The van der Waals surface area contributed by atoms with Gasteiger partial charge in [0.1, 0.15) is 5.60 Å². The highest BCUT2D eigenvalue weighted by Gasteiger charge is 2.67. The fraction of sp³-hybridized carbons (Fsp3) is 0.682. The topological polar surface area (TPSA) is 78.5 Å². The molecule has 3 aliphatic heterocycles. The van der Waals surface area contributed by atoms with Crippen molar-refractivity contribution in [1.29, 1.82) is 0 Å². The van der Waals surface area contributed by atoms with Crippen LogP contribution in [-0.2, 0) is 20.7 Å². The molecule has 29 heavy (non-hydrogen) atoms. The van der Waals surface area contributed by atoms with E-state index >= 15 is 0 Å². The van der Waals surface area contributed by atoms with Gasteiger partial charge in [0, 0.05) is 25.8 Å². The molecule has 5 rings (SSSR count). The molecule has 1 aromatic heterocycles. The first kappa shape index (κ1) is 18.9. The molecule has 7 nitrogen and oxygen atoms in total. The number of aromatic nitrogens is 2. The highest BCUT2D eigenvalue weighted by Crippen LogP contribution is 2.53. The van der Waals surface area contributed by atoms with Crippen LogP contribution >= 0.6 is 0 Å². The second-order valence-electron chi connectivity index (χ2n) is 9.13. The van der Waals surface area contributed by atoms with E-state index in [-0.39, 0.29) is 23.8 Å². The Morgan fingerprint density at radius 2 is 2.14 bits per heavy atom. The predicted molar refractivity (Wildman–Crippen MR) is 107 cm³/mol. The van der Waals surface area contributed by atoms with E-state index in [0.717, 1.165) is 24.8 Å². The smallest absolute Gasteiger partial charge is 0.230 e. The van der Waals surface area contributed by atoms with Crippen LogP contribution in [0.5, 0.6) is 0 Å². The zero-order valence-corrected chi connectivity index (χ0v) is 17.0. The molecule has 7 heteroatoms. The number of fused-ring (bicyclic) bond motifs is 1. The molecule has 2 bridgehead atoms. The fourth-order valence-electron chi connectivity index (χ4n) is 5.76. The first-order chi connectivity index (χ1) is 14.1. The van der Waals surface area contributed by atoms with Gasteiger partial charge in [0.05, 0.1) is 30.7 Å². The van der Waals surface area contributed by atoms with E-state index in [1.54, 1.807) is 11.1 Å². The van der Waals surface area contributed by atoms with E-state index in [1.807, 2.05) is 24.2 Å². The van der Waals surface area contributed by atoms with E-state index in [1.165, 1.54) is 25.7 Å². The summed E-state index contributed by atoms with van der Waals surface area (Å²) in [7, 11) is 1.83. The van der Waals surface area contributed by atoms with Gasteiger partial charge in [-0.1, -0.05) is 37.8 Å². The van der Waals surface area contributed by atoms with E-state index < -0.39 is 11.5 Å². The number of likely N-dealkylation sites (N-methyl/N-ethyl adjacent to an activating group) is 1. The van der Waals surface area contributed by atoms with Gasteiger partial charge in [-0.15, -0.1) is 0 Å². The first-order valence-corrected chi connectivity index (χ1v) is 11.0. The molecule has 4 aliphatic rings. The van der Waals surface area contributed by atoms with Gasteiger partial charge in [0.2, 0.25) is 11.8 Å². The van der Waals surface area contributed by atoms with Crippen LogP contribution in [0, 0.1) is 11.8 Å². The second-order valence-corrected chi connectivity index (χ2v) is 9.13. The number of rotatable bonds is 5. The summed E-state index contributed by atoms with van der Waals surface area (Å²) in [6.45, 7) is 1.21. The van der Waals surface area contributed by atoms with Crippen LogP contribution in [0.15, 0.2) is 24.5 Å². The van der Waals surface area contributed by atoms with Crippen molar-refractivity contribution in [2.45, 2.75) is 62.7 Å². The van der Waals surface area contributed by atoms with Crippen LogP contribution in [0.1, 0.15) is 44.1 Å². The standard InChI is InChI=1S/C22H30N4O3/c1-25(11-9-15-12-23-24-13-15)20(27)18-17-8-10-22(29-17)14-26(21(28)19(18)22)16-6-4-2-3-5-7-16/h8,10,12-13,16-19H,2-7,9,11,14H2,1H3,(H,23,24)/t17-,18-,19-,22-/m0/s1. The summed E-state index contributed by atoms with van der Waals surface area (Å²) in [6.07, 6.45) is 15.2. The fourth-order valence-corrected chi connectivity index (χ4v) is 5.76. The summed E-state index contributed by atoms with van der Waals surface area (Å²) < 4.78 is 6.30. The van der Waals surface area contributed by atoms with Crippen molar-refractivity contribution in [3.8, 4) is 0 Å². The zero-order chi connectivity index (χ0) is 20.0. The Kier molecular flexibility index (Phi) is 4.73. The lowest BCUT2D eigenvalue weighted by Gasteiger charge is -2.30. The quantitative estimate of drug-likeness (QED) is 0.607. The minimum atomic E-state index is -0.597. The molecule has 0 aromatic carbocycles. The minimum Gasteiger partial charge on any atom is -0.360 e. The molecule has 0 unspecified atom stereocenters. The van der Waals surface area contributed by atoms with E-state index in [9.17, 15) is 9.59 Å². The summed E-state index contributed by atoms with van der Waals surface area (Å²) in [5.74, 6) is -0.627. The average Bonchev–Trinajstić information content (AvgIpc) is 3.45. The summed E-state index contributed by atoms with van der Waals surface area (Å²) in [4.78, 5) is 30.6. The summed E-state index contributed by atoms with van der Waals surface area (Å²) in [5.41, 5.74) is 0.474. The van der Waals surface area contributed by atoms with Crippen molar-refractivity contribution in [1.82, 2.24) is 20.0 Å². The van der Waals surface area contributed by atoms with Crippen molar-refractivity contribution in [2.75, 3.05) is 20.1 Å². The van der Waals surface area contributed by atoms with Crippen molar-refractivity contribution < 1.29 is 14.3 Å². The predicted octanol–water partition coefficient (Wildman–Crippen LogP) is 1.92. The molecule has 1 spiro atoms. The number of hydrogen-bond acceptors (Lipinski definition) is 4. The van der Waals surface area contributed by atoms with Crippen molar-refractivity contribution in [2.24, 2.45) is 11.8 Å². The number of nitrogens with zero attached hydrogens (tertiary/aromatic N) is 3. The van der Waals surface area contributed by atoms with Crippen LogP contribution in [0.2, 0.25) is 0 Å². The summed E-state index contributed by atoms with van der Waals surface area (Å²) >= 11 is 0. The van der Waals surface area contributed by atoms with Crippen LogP contribution in [0.3, 0.4) is 0 Å². The molecule has 1 aliphatic carbocycles. The molecular weight excluding hydrogens is 368 g/mol. The Labute approximate surface area is 171 Å². The maximum atomic E-state index is 13.5. The van der Waals surface area contributed by atoms with Crippen LogP contribution in [-0.4, -0.2) is 69.7 Å². The van der Waals surface area contributed by atoms with Gasteiger partial charge in [-0.3, -0.25) is 14.7 Å². The molecule has 0 radical (unpaired) electrons. The van der Waals surface area contributed by atoms with Gasteiger partial charge in [-0.25, -0.2) is 0 Å². The lowest BCUT2D eigenvalue weighted by atomic mass is 9.76. The molecule has 2 saturated heterocycles. The molecule has 4 heterocycles. The van der Waals surface area contributed by atoms with Crippen LogP contribution in [0.25, 0.3) is 0 Å². The van der Waals surface area contributed by atoms with E-state index in [2.05, 4.69) is 16.3 Å². The summed E-state index contributed by atoms with van der Waals surface area (Å²) in [6, 6.07) is 0.301. The lowest BCUT2D eigenvalue weighted by molar-refractivity contribution is -0.143. The maximum Gasteiger partial charge on any atom is 0.230 e. The Morgan fingerprint density at radius 1 is 1.34 bits per heavy atom. The number of likely N-dealkylation sites (tertiary alicyclic amines) is 1. The van der Waals surface area contributed by atoms with Gasteiger partial charge in [0.15, 0.2) is 0 Å². The Morgan fingerprint density at radius 3 is 2.86 bits per heavy atom. The van der Waals surface area contributed by atoms with Crippen molar-refractivity contribution in [3.05, 3.63) is 30.1 Å². The van der Waals surface area contributed by atoms with Gasteiger partial charge < -0.3 is 14.5 Å². The highest BCUT2D eigenvalue weighted by molar-refractivity contribution is 5.93. The molecule has 156 valence electrons. The minimum absolute atomic E-state index is 0.0192. The second kappa shape index (κ2) is 7.27. The third-order valence-corrected chi connectivity index (χ3v) is 7.35. The Balaban J connectivity index is 1.32. The maximum absolute atomic E-state index is 13.5. The van der Waals surface area contributed by atoms with E-state index in [0.29, 0.717) is 19.1 Å². The third kappa shape index (κ3) is 3.10. The number of amides is 2. The molecular formula is C22H30N4O3. The number of carbonyl (C=O) groups excluding carboxylic acids is 2. The number of H-pyrrole nitrogens is 1. The monoisotopic (exact) mass is 398 g/mol. The van der Waals surface area contributed by atoms with Gasteiger partial charge in [-0.05, 0) is 24.8 Å². The van der Waals surface area contributed by atoms with Gasteiger partial charge in [-0.2, -0.15) is 5.10 Å². The van der Waals surface area contributed by atoms with E-state index in [4.69, 9.17) is 4.74 Å². The Hall–Kier alpha value is -2.15. The zero-order valence-electron chi connectivity index (χ0n) is 17.0. The van der Waals surface area contributed by atoms with Crippen LogP contribution < -0.4 is 0 Å². The Bertz CT molecular complexity index is 799. The third-order valence-electron chi connectivity index (χ3n) is 7.35. The molecule has 3 fully saturated rings. The summed E-state index contributed by atoms with van der Waals surface area (Å²) in [5, 5.41) is 6.76. The van der Waals surface area contributed by atoms with Crippen molar-refractivity contribution in [3.63, 3.8) is 0 Å². The normalized spacial score (nSPS) is 33.9. The average molecular weight is 399 g/mol. The lowest BCUT2D eigenvalue weighted by Crippen LogP contribution is -2.45. The largest absolute Gasteiger partial charge is 0.360 e. The molecule has 4 atom stereocenters. The van der Waals surface area contributed by atoms with Crippen molar-refractivity contribution >= 4 is 11.8 Å². The van der Waals surface area contributed by atoms with Gasteiger partial charge >= 0.3 is 0 Å². The first-order valence-electron chi connectivity index (χ1n) is 11.0. The number of ether oxygens (including phenoxy) is 1.